The quantitative estimate of drug-likeness (QED) is 0.709. The Hall–Kier alpha value is -2.53. The number of rotatable bonds is 9. The van der Waals surface area contributed by atoms with Crippen molar-refractivity contribution < 1.29 is 19.2 Å². The lowest BCUT2D eigenvalue weighted by molar-refractivity contribution is -0.909. The van der Waals surface area contributed by atoms with Crippen LogP contribution in [0, 0.1) is 0 Å². The first-order valence-electron chi connectivity index (χ1n) is 9.75. The SMILES string of the molecule is CC[NH+]1CCC[C@@H]1CNC(=O)COc1ccc(OCc2ccccc2)cc1. The standard InChI is InChI=1S/C22H28N2O3/c1-2-24-14-6-9-19(24)15-23-22(25)17-27-21-12-10-20(11-13-21)26-16-18-7-4-3-5-8-18/h3-5,7-8,10-13,19H,2,6,9,14-17H2,1H3,(H,23,25)/p+1/t19-/m1/s1. The fourth-order valence-electron chi connectivity index (χ4n) is 3.51. The largest absolute Gasteiger partial charge is 0.489 e. The summed E-state index contributed by atoms with van der Waals surface area (Å²) in [5.41, 5.74) is 1.13. The third-order valence-electron chi connectivity index (χ3n) is 5.07. The number of amides is 1. The third kappa shape index (κ3) is 6.00. The van der Waals surface area contributed by atoms with Crippen LogP contribution in [0.3, 0.4) is 0 Å². The summed E-state index contributed by atoms with van der Waals surface area (Å²) in [7, 11) is 0. The van der Waals surface area contributed by atoms with Crippen molar-refractivity contribution in [2.75, 3.05) is 26.2 Å². The van der Waals surface area contributed by atoms with Crippen LogP contribution >= 0.6 is 0 Å². The molecule has 1 amide bonds. The molecule has 2 aromatic rings. The lowest BCUT2D eigenvalue weighted by atomic mass is 10.2. The minimum absolute atomic E-state index is 0.0401. The molecule has 1 aliphatic rings. The molecule has 0 radical (unpaired) electrons. The van der Waals surface area contributed by atoms with Crippen LogP contribution in [0.15, 0.2) is 54.6 Å². The average molecular weight is 369 g/mol. The summed E-state index contributed by atoms with van der Waals surface area (Å²) in [6, 6.07) is 17.9. The molecule has 1 fully saturated rings. The number of nitrogens with one attached hydrogen (secondary N) is 2. The zero-order chi connectivity index (χ0) is 18.9. The summed E-state index contributed by atoms with van der Waals surface area (Å²) in [5, 5.41) is 3.00. The molecule has 1 saturated heterocycles. The first kappa shape index (κ1) is 19.2. The molecule has 5 nitrogen and oxygen atoms in total. The van der Waals surface area contributed by atoms with Crippen LogP contribution in [0.1, 0.15) is 25.3 Å². The lowest BCUT2D eigenvalue weighted by Crippen LogP contribution is -3.14. The fourth-order valence-corrected chi connectivity index (χ4v) is 3.51. The van der Waals surface area contributed by atoms with Gasteiger partial charge in [-0.2, -0.15) is 0 Å². The first-order chi connectivity index (χ1) is 13.2. The first-order valence-corrected chi connectivity index (χ1v) is 9.75. The van der Waals surface area contributed by atoms with E-state index in [1.807, 2.05) is 54.6 Å². The van der Waals surface area contributed by atoms with E-state index < -0.39 is 0 Å². The van der Waals surface area contributed by atoms with Gasteiger partial charge in [0.2, 0.25) is 0 Å². The molecule has 5 heteroatoms. The smallest absolute Gasteiger partial charge is 0.258 e. The molecule has 0 aromatic heterocycles. The molecule has 0 saturated carbocycles. The molecule has 3 rings (SSSR count). The van der Waals surface area contributed by atoms with Crippen LogP contribution in [0.25, 0.3) is 0 Å². The van der Waals surface area contributed by atoms with Gasteiger partial charge < -0.3 is 19.7 Å². The molecule has 2 N–H and O–H groups in total. The highest BCUT2D eigenvalue weighted by Crippen LogP contribution is 2.18. The number of hydrogen-bond donors (Lipinski definition) is 2. The second-order valence-electron chi connectivity index (χ2n) is 6.94. The topological polar surface area (TPSA) is 52.0 Å². The second kappa shape index (κ2) is 9.97. The minimum atomic E-state index is -0.0678. The van der Waals surface area contributed by atoms with Crippen molar-refractivity contribution >= 4 is 5.91 Å². The van der Waals surface area contributed by atoms with Crippen LogP contribution in [0.4, 0.5) is 0 Å². The van der Waals surface area contributed by atoms with Gasteiger partial charge in [-0.1, -0.05) is 30.3 Å². The molecule has 1 unspecified atom stereocenters. The van der Waals surface area contributed by atoms with Crippen molar-refractivity contribution in [3.8, 4) is 11.5 Å². The Bertz CT molecular complexity index is 703. The van der Waals surface area contributed by atoms with Gasteiger partial charge in [0.05, 0.1) is 19.6 Å². The molecule has 2 atom stereocenters. The van der Waals surface area contributed by atoms with Gasteiger partial charge in [0.25, 0.3) is 5.91 Å². The molecule has 27 heavy (non-hydrogen) atoms. The van der Waals surface area contributed by atoms with Crippen molar-refractivity contribution in [1.82, 2.24) is 5.32 Å². The van der Waals surface area contributed by atoms with Gasteiger partial charge in [0.15, 0.2) is 6.61 Å². The highest BCUT2D eigenvalue weighted by atomic mass is 16.5. The normalized spacial score (nSPS) is 18.9. The summed E-state index contributed by atoms with van der Waals surface area (Å²) < 4.78 is 11.3. The van der Waals surface area contributed by atoms with E-state index in [9.17, 15) is 4.79 Å². The van der Waals surface area contributed by atoms with Gasteiger partial charge in [-0.25, -0.2) is 0 Å². The van der Waals surface area contributed by atoms with Gasteiger partial charge in [-0.15, -0.1) is 0 Å². The molecule has 0 spiro atoms. The predicted octanol–water partition coefficient (Wildman–Crippen LogP) is 1.83. The minimum Gasteiger partial charge on any atom is -0.489 e. The monoisotopic (exact) mass is 369 g/mol. The van der Waals surface area contributed by atoms with Gasteiger partial charge in [0.1, 0.15) is 24.1 Å². The maximum absolute atomic E-state index is 12.0. The van der Waals surface area contributed by atoms with E-state index in [1.165, 1.54) is 19.4 Å². The summed E-state index contributed by atoms with van der Waals surface area (Å²) >= 11 is 0. The fraction of sp³-hybridized carbons (Fsp3) is 0.409. The zero-order valence-electron chi connectivity index (χ0n) is 15.9. The molecule has 2 aromatic carbocycles. The lowest BCUT2D eigenvalue weighted by Gasteiger charge is -2.20. The number of carbonyl (C=O) groups excluding carboxylic acids is 1. The van der Waals surface area contributed by atoms with Crippen molar-refractivity contribution in [3.05, 3.63) is 60.2 Å². The van der Waals surface area contributed by atoms with E-state index in [0.29, 0.717) is 18.4 Å². The second-order valence-corrected chi connectivity index (χ2v) is 6.94. The van der Waals surface area contributed by atoms with Crippen LogP contribution < -0.4 is 19.7 Å². The van der Waals surface area contributed by atoms with Gasteiger partial charge >= 0.3 is 0 Å². The molecular weight excluding hydrogens is 340 g/mol. The van der Waals surface area contributed by atoms with Crippen LogP contribution in [0.5, 0.6) is 11.5 Å². The van der Waals surface area contributed by atoms with Gasteiger partial charge in [-0.05, 0) is 36.8 Å². The molecule has 144 valence electrons. The van der Waals surface area contributed by atoms with Crippen molar-refractivity contribution in [1.29, 1.82) is 0 Å². The Kier molecular flexibility index (Phi) is 7.11. The number of hydrogen-bond acceptors (Lipinski definition) is 3. The van der Waals surface area contributed by atoms with Crippen LogP contribution in [-0.2, 0) is 11.4 Å². The van der Waals surface area contributed by atoms with E-state index in [4.69, 9.17) is 9.47 Å². The van der Waals surface area contributed by atoms with E-state index >= 15 is 0 Å². The highest BCUT2D eigenvalue weighted by molar-refractivity contribution is 5.77. The van der Waals surface area contributed by atoms with Crippen LogP contribution in [-0.4, -0.2) is 38.2 Å². The molecular formula is C22H29N2O3+. The Morgan fingerprint density at radius 3 is 2.48 bits per heavy atom. The third-order valence-corrected chi connectivity index (χ3v) is 5.07. The maximum Gasteiger partial charge on any atom is 0.258 e. The zero-order valence-corrected chi connectivity index (χ0v) is 15.9. The Morgan fingerprint density at radius 1 is 1.07 bits per heavy atom. The van der Waals surface area contributed by atoms with E-state index in [-0.39, 0.29) is 12.5 Å². The van der Waals surface area contributed by atoms with E-state index in [1.54, 1.807) is 4.90 Å². The Labute approximate surface area is 161 Å². The van der Waals surface area contributed by atoms with E-state index in [2.05, 4.69) is 12.2 Å². The summed E-state index contributed by atoms with van der Waals surface area (Å²) in [4.78, 5) is 13.6. The molecule has 1 heterocycles. The molecule has 0 aliphatic carbocycles. The summed E-state index contributed by atoms with van der Waals surface area (Å²) in [6.45, 7) is 5.84. The summed E-state index contributed by atoms with van der Waals surface area (Å²) in [5.74, 6) is 1.38. The molecule has 1 aliphatic heterocycles. The van der Waals surface area contributed by atoms with E-state index in [0.717, 1.165) is 24.4 Å². The van der Waals surface area contributed by atoms with Crippen molar-refractivity contribution in [2.45, 2.75) is 32.4 Å². The Balaban J connectivity index is 1.37. The highest BCUT2D eigenvalue weighted by Gasteiger charge is 2.27. The summed E-state index contributed by atoms with van der Waals surface area (Å²) in [6.07, 6.45) is 2.44. The van der Waals surface area contributed by atoms with Gasteiger partial charge in [-0.3, -0.25) is 4.79 Å². The average Bonchev–Trinajstić information content (AvgIpc) is 3.18. The van der Waals surface area contributed by atoms with Crippen molar-refractivity contribution in [3.63, 3.8) is 0 Å². The predicted molar refractivity (Wildman–Crippen MR) is 105 cm³/mol. The van der Waals surface area contributed by atoms with Gasteiger partial charge in [0, 0.05) is 12.8 Å². The maximum atomic E-state index is 12.0. The number of benzene rings is 2. The van der Waals surface area contributed by atoms with Crippen molar-refractivity contribution in [2.24, 2.45) is 0 Å². The number of quaternary nitrogens is 1. The Morgan fingerprint density at radius 2 is 1.78 bits per heavy atom. The number of likely N-dealkylation sites (N-methyl/N-ethyl adjacent to an activating group) is 1. The molecule has 0 bridgehead atoms. The van der Waals surface area contributed by atoms with Crippen LogP contribution in [0.2, 0.25) is 0 Å². The number of carbonyl (C=O) groups is 1. The number of ether oxygens (including phenoxy) is 2. The number of likely N-dealkylation sites (tertiary alicyclic amines) is 1.